The van der Waals surface area contributed by atoms with E-state index in [9.17, 15) is 9.59 Å². The second kappa shape index (κ2) is 9.27. The van der Waals surface area contributed by atoms with Gasteiger partial charge >= 0.3 is 12.0 Å². The van der Waals surface area contributed by atoms with Gasteiger partial charge in [-0.1, -0.05) is 0 Å². The van der Waals surface area contributed by atoms with Gasteiger partial charge in [0.1, 0.15) is 24.3 Å². The van der Waals surface area contributed by atoms with E-state index in [2.05, 4.69) is 25.2 Å². The van der Waals surface area contributed by atoms with Crippen LogP contribution in [0.4, 0.5) is 22.1 Å². The van der Waals surface area contributed by atoms with Crippen molar-refractivity contribution in [2.75, 3.05) is 48.5 Å². The number of carbonyl (C=O) groups excluding carboxylic acids is 2. The molecule has 12 heteroatoms. The summed E-state index contributed by atoms with van der Waals surface area (Å²) in [5.74, 6) is -0.0515. The Hall–Kier alpha value is -3.51. The molecule has 1 unspecified atom stereocenters. The van der Waals surface area contributed by atoms with E-state index in [1.54, 1.807) is 29.4 Å². The molecule has 0 spiro atoms. The fourth-order valence-corrected chi connectivity index (χ4v) is 4.52. The van der Waals surface area contributed by atoms with E-state index < -0.39 is 11.8 Å². The predicted octanol–water partition coefficient (Wildman–Crippen LogP) is 2.21. The van der Waals surface area contributed by atoms with Crippen molar-refractivity contribution in [1.29, 1.82) is 0 Å². The van der Waals surface area contributed by atoms with Gasteiger partial charge < -0.3 is 23.8 Å². The third-order valence-corrected chi connectivity index (χ3v) is 6.14. The number of piperidine rings is 1. The first-order chi connectivity index (χ1) is 16.8. The Labute approximate surface area is 202 Å². The Morgan fingerprint density at radius 3 is 2.83 bits per heavy atom. The van der Waals surface area contributed by atoms with Crippen LogP contribution >= 0.6 is 0 Å². The fourth-order valence-electron chi connectivity index (χ4n) is 4.52. The SMILES string of the molecule is COC(=O)c1ncc2c(n1)N(C(=O)Nc1ccc(OCC3COC(C)(C)O3)cn1)[C@H]1CCCN2C1. The second-order valence-electron chi connectivity index (χ2n) is 9.08. The molecule has 0 saturated carbocycles. The maximum absolute atomic E-state index is 13.3. The number of ether oxygens (including phenoxy) is 4. The van der Waals surface area contributed by atoms with E-state index in [4.69, 9.17) is 18.9 Å². The standard InChI is InChI=1S/C23H28N6O6/c1-23(2)34-13-16(35-23)12-33-15-6-7-18(24-9-15)26-22(31)29-14-5-4-8-28(11-14)17-10-25-19(21(30)32-3)27-20(17)29/h6-7,9-10,14,16H,4-5,8,11-13H2,1-3H3,(H,24,26,31)/t14-,16?/m0/s1. The molecule has 5 heterocycles. The smallest absolute Gasteiger partial charge is 0.376 e. The molecular formula is C23H28N6O6. The molecule has 2 amide bonds. The Bertz CT molecular complexity index is 1110. The number of hydrogen-bond acceptors (Lipinski definition) is 10. The molecular weight excluding hydrogens is 456 g/mol. The van der Waals surface area contributed by atoms with Crippen LogP contribution < -0.4 is 19.9 Å². The number of nitrogens with zero attached hydrogens (tertiary/aromatic N) is 5. The summed E-state index contributed by atoms with van der Waals surface area (Å²) < 4.78 is 21.8. The minimum atomic E-state index is -0.658. The molecule has 0 aromatic carbocycles. The number of fused-ring (bicyclic) bond motifs is 4. The van der Waals surface area contributed by atoms with Crippen LogP contribution in [0.3, 0.4) is 0 Å². The van der Waals surface area contributed by atoms with Crippen LogP contribution in [0.25, 0.3) is 0 Å². The first-order valence-corrected chi connectivity index (χ1v) is 11.5. The number of esters is 1. The van der Waals surface area contributed by atoms with Gasteiger partial charge in [-0.25, -0.2) is 24.5 Å². The number of methoxy groups -OCH3 is 1. The molecule has 12 nitrogen and oxygen atoms in total. The number of nitrogens with one attached hydrogen (secondary N) is 1. The maximum Gasteiger partial charge on any atom is 0.376 e. The largest absolute Gasteiger partial charge is 0.489 e. The monoisotopic (exact) mass is 484 g/mol. The van der Waals surface area contributed by atoms with Crippen molar-refractivity contribution >= 4 is 29.3 Å². The van der Waals surface area contributed by atoms with E-state index in [1.807, 2.05) is 13.8 Å². The Balaban J connectivity index is 1.28. The van der Waals surface area contributed by atoms with Gasteiger partial charge in [0, 0.05) is 13.1 Å². The summed E-state index contributed by atoms with van der Waals surface area (Å²) in [5, 5.41) is 2.83. The summed E-state index contributed by atoms with van der Waals surface area (Å²) in [4.78, 5) is 41.9. The third kappa shape index (κ3) is 4.84. The molecule has 1 N–H and O–H groups in total. The van der Waals surface area contributed by atoms with Crippen molar-refractivity contribution < 1.29 is 28.5 Å². The van der Waals surface area contributed by atoms with Gasteiger partial charge in [0.15, 0.2) is 11.6 Å². The first-order valence-electron chi connectivity index (χ1n) is 11.5. The van der Waals surface area contributed by atoms with Gasteiger partial charge in [0.2, 0.25) is 5.82 Å². The van der Waals surface area contributed by atoms with Crippen molar-refractivity contribution in [1.82, 2.24) is 15.0 Å². The third-order valence-electron chi connectivity index (χ3n) is 6.14. The highest BCUT2D eigenvalue weighted by atomic mass is 16.7. The molecule has 0 radical (unpaired) electrons. The highest BCUT2D eigenvalue weighted by molar-refractivity contribution is 6.04. The molecule has 2 aromatic rings. The summed E-state index contributed by atoms with van der Waals surface area (Å²) in [6.45, 7) is 6.04. The normalized spacial score (nSPS) is 22.4. The summed E-state index contributed by atoms with van der Waals surface area (Å²) in [6.07, 6.45) is 4.71. The molecule has 5 rings (SSSR count). The van der Waals surface area contributed by atoms with Gasteiger partial charge in [-0.3, -0.25) is 10.2 Å². The zero-order chi connectivity index (χ0) is 24.6. The van der Waals surface area contributed by atoms with Gasteiger partial charge in [-0.15, -0.1) is 0 Å². The number of urea groups is 1. The number of pyridine rings is 1. The lowest BCUT2D eigenvalue weighted by Gasteiger charge is -2.45. The van der Waals surface area contributed by atoms with E-state index in [-0.39, 0.29) is 24.0 Å². The Morgan fingerprint density at radius 1 is 1.26 bits per heavy atom. The average molecular weight is 485 g/mol. The van der Waals surface area contributed by atoms with Crippen molar-refractivity contribution in [2.24, 2.45) is 0 Å². The average Bonchev–Trinajstić information content (AvgIpc) is 3.21. The number of anilines is 3. The first kappa shape index (κ1) is 23.2. The van der Waals surface area contributed by atoms with Crippen molar-refractivity contribution in [3.05, 3.63) is 30.4 Å². The predicted molar refractivity (Wildman–Crippen MR) is 125 cm³/mol. The fraction of sp³-hybridized carbons (Fsp3) is 0.522. The second-order valence-corrected chi connectivity index (χ2v) is 9.08. The van der Waals surface area contributed by atoms with Crippen molar-refractivity contribution in [2.45, 2.75) is 44.6 Å². The highest BCUT2D eigenvalue weighted by Crippen LogP contribution is 2.37. The molecule has 0 aliphatic carbocycles. The van der Waals surface area contributed by atoms with Crippen LogP contribution in [-0.2, 0) is 14.2 Å². The van der Waals surface area contributed by atoms with E-state index >= 15 is 0 Å². The topological polar surface area (TPSA) is 128 Å². The van der Waals surface area contributed by atoms with Gasteiger partial charge in [0.05, 0.1) is 37.8 Å². The van der Waals surface area contributed by atoms with Crippen molar-refractivity contribution in [3.8, 4) is 5.75 Å². The molecule has 2 atom stereocenters. The molecule has 35 heavy (non-hydrogen) atoms. The number of rotatable bonds is 5. The lowest BCUT2D eigenvalue weighted by atomic mass is 10.0. The molecule has 3 aliphatic rings. The summed E-state index contributed by atoms with van der Waals surface area (Å²) >= 11 is 0. The van der Waals surface area contributed by atoms with Crippen LogP contribution in [-0.4, -0.2) is 78.3 Å². The van der Waals surface area contributed by atoms with E-state index in [0.717, 1.165) is 19.4 Å². The molecule has 2 saturated heterocycles. The zero-order valence-electron chi connectivity index (χ0n) is 19.9. The van der Waals surface area contributed by atoms with Crippen LogP contribution in [0.5, 0.6) is 5.75 Å². The lowest BCUT2D eigenvalue weighted by Crippen LogP contribution is -2.56. The lowest BCUT2D eigenvalue weighted by molar-refractivity contribution is -0.141. The zero-order valence-corrected chi connectivity index (χ0v) is 19.9. The summed E-state index contributed by atoms with van der Waals surface area (Å²) in [7, 11) is 1.27. The maximum atomic E-state index is 13.3. The molecule has 2 aromatic heterocycles. The van der Waals surface area contributed by atoms with Gasteiger partial charge in [-0.2, -0.15) is 0 Å². The van der Waals surface area contributed by atoms with Crippen LogP contribution in [0, 0.1) is 0 Å². The van der Waals surface area contributed by atoms with Gasteiger partial charge in [-0.05, 0) is 38.8 Å². The van der Waals surface area contributed by atoms with Crippen LogP contribution in [0.15, 0.2) is 24.5 Å². The number of aromatic nitrogens is 3. The van der Waals surface area contributed by atoms with E-state index in [0.29, 0.717) is 42.8 Å². The minimum Gasteiger partial charge on any atom is -0.489 e. The van der Waals surface area contributed by atoms with Crippen LogP contribution in [0.2, 0.25) is 0 Å². The number of hydrogen-bond donors (Lipinski definition) is 1. The van der Waals surface area contributed by atoms with Gasteiger partial charge in [0.25, 0.3) is 0 Å². The molecule has 2 fully saturated rings. The summed E-state index contributed by atoms with van der Waals surface area (Å²) in [5.41, 5.74) is 0.710. The Morgan fingerprint density at radius 2 is 2.11 bits per heavy atom. The number of carbonyl (C=O) groups is 2. The molecule has 186 valence electrons. The minimum absolute atomic E-state index is 0.0860. The Kier molecular flexibility index (Phi) is 6.15. The number of amides is 2. The summed E-state index contributed by atoms with van der Waals surface area (Å²) in [6, 6.07) is 2.93. The highest BCUT2D eigenvalue weighted by Gasteiger charge is 2.39. The molecule has 3 aliphatic heterocycles. The van der Waals surface area contributed by atoms with Crippen molar-refractivity contribution in [3.63, 3.8) is 0 Å². The molecule has 2 bridgehead atoms. The van der Waals surface area contributed by atoms with E-state index in [1.165, 1.54) is 7.11 Å². The van der Waals surface area contributed by atoms with Crippen LogP contribution in [0.1, 0.15) is 37.3 Å². The quantitative estimate of drug-likeness (QED) is 0.631.